The van der Waals surface area contributed by atoms with Gasteiger partial charge in [-0.1, -0.05) is 6.92 Å². The van der Waals surface area contributed by atoms with Gasteiger partial charge in [-0.15, -0.1) is 0 Å². The topological polar surface area (TPSA) is 35.6 Å². The maximum atomic E-state index is 12.4. The summed E-state index contributed by atoms with van der Waals surface area (Å²) >= 11 is 0. The maximum absolute atomic E-state index is 12.4. The highest BCUT2D eigenvalue weighted by molar-refractivity contribution is 5.78. The minimum Gasteiger partial charge on any atom is -0.341 e. The molecule has 3 rings (SSSR count). The first kappa shape index (κ1) is 13.4. The quantitative estimate of drug-likeness (QED) is 0.801. The molecule has 3 heterocycles. The van der Waals surface area contributed by atoms with Gasteiger partial charge in [-0.3, -0.25) is 9.69 Å². The second kappa shape index (κ2) is 5.41. The van der Waals surface area contributed by atoms with Crippen LogP contribution in [0, 0.1) is 17.8 Å². The molecule has 0 saturated carbocycles. The van der Waals surface area contributed by atoms with E-state index in [0.717, 1.165) is 44.6 Å². The molecular weight excluding hydrogens is 238 g/mol. The summed E-state index contributed by atoms with van der Waals surface area (Å²) in [6.07, 6.45) is 2.46. The number of carbonyl (C=O) groups excluding carboxylic acids is 1. The van der Waals surface area contributed by atoms with Gasteiger partial charge in [0.15, 0.2) is 0 Å². The summed E-state index contributed by atoms with van der Waals surface area (Å²) in [7, 11) is 0. The Hall–Kier alpha value is -0.610. The number of likely N-dealkylation sites (tertiary alicyclic amines) is 2. The predicted octanol–water partition coefficient (Wildman–Crippen LogP) is 0.785. The van der Waals surface area contributed by atoms with Crippen molar-refractivity contribution in [2.75, 3.05) is 39.3 Å². The monoisotopic (exact) mass is 265 g/mol. The average Bonchev–Trinajstić information content (AvgIpc) is 2.94. The molecule has 0 spiro atoms. The molecule has 3 aliphatic heterocycles. The van der Waals surface area contributed by atoms with Gasteiger partial charge in [-0.05, 0) is 50.6 Å². The lowest BCUT2D eigenvalue weighted by Crippen LogP contribution is -2.46. The summed E-state index contributed by atoms with van der Waals surface area (Å²) in [5.74, 6) is 2.56. The first-order valence-corrected chi connectivity index (χ1v) is 7.87. The van der Waals surface area contributed by atoms with Crippen LogP contribution >= 0.6 is 0 Å². The van der Waals surface area contributed by atoms with Crippen molar-refractivity contribution in [3.8, 4) is 0 Å². The van der Waals surface area contributed by atoms with Crippen LogP contribution < -0.4 is 5.32 Å². The Morgan fingerprint density at radius 3 is 2.84 bits per heavy atom. The third-order valence-electron chi connectivity index (χ3n) is 5.40. The second-order valence-electron chi connectivity index (χ2n) is 6.84. The van der Waals surface area contributed by atoms with E-state index in [1.165, 1.54) is 12.8 Å². The van der Waals surface area contributed by atoms with Crippen molar-refractivity contribution in [2.45, 2.75) is 32.7 Å². The largest absolute Gasteiger partial charge is 0.341 e. The lowest BCUT2D eigenvalue weighted by Gasteiger charge is -2.33. The fourth-order valence-corrected chi connectivity index (χ4v) is 4.15. The van der Waals surface area contributed by atoms with E-state index in [0.29, 0.717) is 24.4 Å². The van der Waals surface area contributed by atoms with Crippen LogP contribution in [-0.4, -0.2) is 61.0 Å². The van der Waals surface area contributed by atoms with Crippen molar-refractivity contribution in [1.82, 2.24) is 15.1 Å². The summed E-state index contributed by atoms with van der Waals surface area (Å²) in [5, 5.41) is 3.48. The van der Waals surface area contributed by atoms with E-state index in [1.54, 1.807) is 0 Å². The van der Waals surface area contributed by atoms with Crippen molar-refractivity contribution in [3.05, 3.63) is 0 Å². The first-order valence-electron chi connectivity index (χ1n) is 7.87. The molecular formula is C15H27N3O. The Morgan fingerprint density at radius 2 is 2.11 bits per heavy atom. The summed E-state index contributed by atoms with van der Waals surface area (Å²) in [6.45, 7) is 10.5. The highest BCUT2D eigenvalue weighted by atomic mass is 16.2. The Bertz CT molecular complexity index is 346. The van der Waals surface area contributed by atoms with E-state index < -0.39 is 0 Å². The molecule has 0 aromatic carbocycles. The molecule has 4 atom stereocenters. The number of carbonyl (C=O) groups is 1. The molecule has 0 radical (unpaired) electrons. The van der Waals surface area contributed by atoms with E-state index in [1.807, 2.05) is 0 Å². The Kier molecular flexibility index (Phi) is 3.81. The number of piperidine rings is 1. The van der Waals surface area contributed by atoms with Crippen LogP contribution in [0.25, 0.3) is 0 Å². The van der Waals surface area contributed by atoms with Crippen LogP contribution in [0.3, 0.4) is 0 Å². The summed E-state index contributed by atoms with van der Waals surface area (Å²) in [6, 6.07) is 0.561. The van der Waals surface area contributed by atoms with Crippen LogP contribution in [0.4, 0.5) is 0 Å². The number of fused-ring (bicyclic) bond motifs is 1. The van der Waals surface area contributed by atoms with Crippen molar-refractivity contribution in [3.63, 3.8) is 0 Å². The number of hydrogen-bond acceptors (Lipinski definition) is 3. The Labute approximate surface area is 116 Å². The zero-order valence-electron chi connectivity index (χ0n) is 12.3. The molecule has 3 saturated heterocycles. The van der Waals surface area contributed by atoms with Crippen molar-refractivity contribution in [1.29, 1.82) is 0 Å². The Morgan fingerprint density at radius 1 is 1.26 bits per heavy atom. The van der Waals surface area contributed by atoms with E-state index in [-0.39, 0.29) is 0 Å². The van der Waals surface area contributed by atoms with Gasteiger partial charge < -0.3 is 10.2 Å². The van der Waals surface area contributed by atoms with Gasteiger partial charge in [0.2, 0.25) is 5.91 Å². The molecule has 0 aliphatic carbocycles. The summed E-state index contributed by atoms with van der Waals surface area (Å²) in [5.41, 5.74) is 0. The molecule has 0 aromatic rings. The fourth-order valence-electron chi connectivity index (χ4n) is 4.15. The molecule has 4 nitrogen and oxygen atoms in total. The van der Waals surface area contributed by atoms with Gasteiger partial charge in [0.1, 0.15) is 0 Å². The zero-order chi connectivity index (χ0) is 13.4. The molecule has 4 heteroatoms. The second-order valence-corrected chi connectivity index (χ2v) is 6.84. The van der Waals surface area contributed by atoms with Crippen LogP contribution in [0.5, 0.6) is 0 Å². The minimum atomic E-state index is 0.353. The lowest BCUT2D eigenvalue weighted by atomic mass is 9.95. The number of hydrogen-bond donors (Lipinski definition) is 1. The van der Waals surface area contributed by atoms with Crippen LogP contribution in [0.1, 0.15) is 26.7 Å². The average molecular weight is 265 g/mol. The molecule has 3 fully saturated rings. The SMILES string of the molecule is CC1CCCN(C(=O)CN2CC3CNCC3C2C)C1. The minimum absolute atomic E-state index is 0.353. The third-order valence-corrected chi connectivity index (χ3v) is 5.40. The molecule has 1 N–H and O–H groups in total. The summed E-state index contributed by atoms with van der Waals surface area (Å²) in [4.78, 5) is 16.9. The van der Waals surface area contributed by atoms with E-state index >= 15 is 0 Å². The van der Waals surface area contributed by atoms with Crippen LogP contribution in [0.15, 0.2) is 0 Å². The standard InChI is InChI=1S/C15H27N3O/c1-11-4-3-5-17(8-11)15(19)10-18-9-13-6-16-7-14(13)12(18)2/h11-14,16H,3-10H2,1-2H3. The molecule has 0 aromatic heterocycles. The van der Waals surface area contributed by atoms with Crippen molar-refractivity contribution in [2.24, 2.45) is 17.8 Å². The number of nitrogens with one attached hydrogen (secondary N) is 1. The third kappa shape index (κ3) is 2.65. The molecule has 1 amide bonds. The molecule has 19 heavy (non-hydrogen) atoms. The number of nitrogens with zero attached hydrogens (tertiary/aromatic N) is 2. The maximum Gasteiger partial charge on any atom is 0.236 e. The molecule has 3 aliphatic rings. The predicted molar refractivity (Wildman–Crippen MR) is 75.9 cm³/mol. The molecule has 0 bridgehead atoms. The zero-order valence-corrected chi connectivity index (χ0v) is 12.3. The van der Waals surface area contributed by atoms with Crippen LogP contribution in [-0.2, 0) is 4.79 Å². The van der Waals surface area contributed by atoms with Gasteiger partial charge in [0.05, 0.1) is 6.54 Å². The van der Waals surface area contributed by atoms with E-state index in [2.05, 4.69) is 29.0 Å². The smallest absolute Gasteiger partial charge is 0.236 e. The van der Waals surface area contributed by atoms with Gasteiger partial charge in [-0.2, -0.15) is 0 Å². The van der Waals surface area contributed by atoms with Gasteiger partial charge >= 0.3 is 0 Å². The van der Waals surface area contributed by atoms with Gasteiger partial charge in [0.25, 0.3) is 0 Å². The van der Waals surface area contributed by atoms with Gasteiger partial charge in [-0.25, -0.2) is 0 Å². The number of amides is 1. The van der Waals surface area contributed by atoms with Crippen molar-refractivity contribution < 1.29 is 4.79 Å². The Balaban J connectivity index is 1.55. The normalized spacial score (nSPS) is 39.6. The first-order chi connectivity index (χ1) is 9.15. The molecule has 108 valence electrons. The highest BCUT2D eigenvalue weighted by Gasteiger charge is 2.42. The van der Waals surface area contributed by atoms with Crippen LogP contribution in [0.2, 0.25) is 0 Å². The fraction of sp³-hybridized carbons (Fsp3) is 0.933. The summed E-state index contributed by atoms with van der Waals surface area (Å²) < 4.78 is 0. The highest BCUT2D eigenvalue weighted by Crippen LogP contribution is 2.32. The number of rotatable bonds is 2. The molecule has 4 unspecified atom stereocenters. The van der Waals surface area contributed by atoms with Crippen molar-refractivity contribution >= 4 is 5.91 Å². The lowest BCUT2D eigenvalue weighted by molar-refractivity contribution is -0.134. The van der Waals surface area contributed by atoms with Gasteiger partial charge in [0, 0.05) is 25.7 Å². The van der Waals surface area contributed by atoms with E-state index in [4.69, 9.17) is 0 Å². The van der Waals surface area contributed by atoms with E-state index in [9.17, 15) is 4.79 Å².